The van der Waals surface area contributed by atoms with Gasteiger partial charge in [-0.25, -0.2) is 18.7 Å². The van der Waals surface area contributed by atoms with Crippen LogP contribution in [0.15, 0.2) is 30.6 Å². The molecule has 1 aliphatic rings. The van der Waals surface area contributed by atoms with Gasteiger partial charge in [-0.3, -0.25) is 0 Å². The van der Waals surface area contributed by atoms with E-state index < -0.39 is 11.6 Å². The van der Waals surface area contributed by atoms with Crippen molar-refractivity contribution < 1.29 is 18.7 Å². The molecular weight excluding hydrogens is 401 g/mol. The van der Waals surface area contributed by atoms with Gasteiger partial charge in [0, 0.05) is 23.7 Å². The van der Waals surface area contributed by atoms with E-state index in [-0.39, 0.29) is 30.5 Å². The molecule has 4 rings (SSSR count). The van der Waals surface area contributed by atoms with Gasteiger partial charge >= 0.3 is 5.97 Å². The summed E-state index contributed by atoms with van der Waals surface area (Å²) in [5.41, 5.74) is 1.32. The standard InChI is InChI=1S/C22H22FN5O3/c1-4-30-21(29)17-12-25-28-8-5-18(27-20(17)28)26-13(2)16-10-15(23)9-14-11-22(3,6-7-24)31-19(14)16/h5,8-10,12-13H,4,6,11H2,1-3H3,(H,26,27)/t13-,22+/m1/s1. The van der Waals surface area contributed by atoms with Gasteiger partial charge in [0.25, 0.3) is 0 Å². The Labute approximate surface area is 178 Å². The van der Waals surface area contributed by atoms with Crippen LogP contribution in [0.5, 0.6) is 5.75 Å². The lowest BCUT2D eigenvalue weighted by atomic mass is 9.95. The lowest BCUT2D eigenvalue weighted by Crippen LogP contribution is -2.29. The van der Waals surface area contributed by atoms with Crippen LogP contribution in [-0.2, 0) is 11.2 Å². The number of esters is 1. The Kier molecular flexibility index (Phi) is 5.23. The number of anilines is 1. The van der Waals surface area contributed by atoms with Gasteiger partial charge in [0.15, 0.2) is 5.65 Å². The molecule has 1 N–H and O–H groups in total. The molecule has 31 heavy (non-hydrogen) atoms. The molecule has 1 aromatic carbocycles. The number of benzene rings is 1. The smallest absolute Gasteiger partial charge is 0.343 e. The van der Waals surface area contributed by atoms with Crippen molar-refractivity contribution in [2.24, 2.45) is 0 Å². The van der Waals surface area contributed by atoms with E-state index in [0.29, 0.717) is 29.2 Å². The summed E-state index contributed by atoms with van der Waals surface area (Å²) in [4.78, 5) is 16.6. The van der Waals surface area contributed by atoms with E-state index in [2.05, 4.69) is 21.5 Å². The lowest BCUT2D eigenvalue weighted by molar-refractivity contribution is 0.0528. The maximum Gasteiger partial charge on any atom is 0.343 e. The van der Waals surface area contributed by atoms with Crippen molar-refractivity contribution in [1.82, 2.24) is 14.6 Å². The first-order chi connectivity index (χ1) is 14.8. The highest BCUT2D eigenvalue weighted by atomic mass is 19.1. The summed E-state index contributed by atoms with van der Waals surface area (Å²) in [5, 5.41) is 16.5. The Bertz CT molecular complexity index is 1200. The van der Waals surface area contributed by atoms with E-state index in [0.717, 1.165) is 5.56 Å². The van der Waals surface area contributed by atoms with Gasteiger partial charge in [0.2, 0.25) is 0 Å². The average Bonchev–Trinajstić information content (AvgIpc) is 3.27. The number of aromatic nitrogens is 3. The van der Waals surface area contributed by atoms with Crippen LogP contribution >= 0.6 is 0 Å². The van der Waals surface area contributed by atoms with Gasteiger partial charge in [-0.05, 0) is 39.0 Å². The third kappa shape index (κ3) is 3.89. The molecule has 0 unspecified atom stereocenters. The number of carbonyl (C=O) groups is 1. The molecule has 0 amide bonds. The summed E-state index contributed by atoms with van der Waals surface area (Å²) in [6.07, 6.45) is 3.77. The lowest BCUT2D eigenvalue weighted by Gasteiger charge is -2.23. The minimum Gasteiger partial charge on any atom is -0.485 e. The summed E-state index contributed by atoms with van der Waals surface area (Å²) >= 11 is 0. The van der Waals surface area contributed by atoms with Gasteiger partial charge in [-0.15, -0.1) is 0 Å². The Hall–Kier alpha value is -3.67. The van der Waals surface area contributed by atoms with E-state index >= 15 is 0 Å². The zero-order chi connectivity index (χ0) is 22.2. The molecule has 160 valence electrons. The number of halogens is 1. The number of hydrogen-bond acceptors (Lipinski definition) is 7. The predicted molar refractivity (Wildman–Crippen MR) is 110 cm³/mol. The normalized spacial score (nSPS) is 18.2. The molecule has 0 aliphatic carbocycles. The van der Waals surface area contributed by atoms with E-state index in [1.165, 1.54) is 22.8 Å². The highest BCUT2D eigenvalue weighted by Crippen LogP contribution is 2.42. The van der Waals surface area contributed by atoms with Gasteiger partial charge in [0.05, 0.1) is 31.3 Å². The molecule has 9 heteroatoms. The fourth-order valence-corrected chi connectivity index (χ4v) is 3.80. The van der Waals surface area contributed by atoms with Gasteiger partial charge in [0.1, 0.15) is 28.5 Å². The number of ether oxygens (including phenoxy) is 2. The van der Waals surface area contributed by atoms with Crippen molar-refractivity contribution in [3.05, 3.63) is 53.1 Å². The molecule has 0 radical (unpaired) electrons. The van der Waals surface area contributed by atoms with E-state index in [1.807, 2.05) is 13.8 Å². The number of nitriles is 1. The highest BCUT2D eigenvalue weighted by molar-refractivity contribution is 5.95. The van der Waals surface area contributed by atoms with Crippen LogP contribution < -0.4 is 10.1 Å². The van der Waals surface area contributed by atoms with Crippen molar-refractivity contribution in [1.29, 1.82) is 5.26 Å². The quantitative estimate of drug-likeness (QED) is 0.601. The van der Waals surface area contributed by atoms with Gasteiger partial charge in [-0.1, -0.05) is 0 Å². The molecule has 0 bridgehead atoms. The number of nitrogens with zero attached hydrogens (tertiary/aromatic N) is 4. The van der Waals surface area contributed by atoms with E-state index in [4.69, 9.17) is 14.7 Å². The molecule has 3 aromatic rings. The second-order valence-corrected chi connectivity index (χ2v) is 7.77. The molecule has 0 spiro atoms. The SMILES string of the molecule is CCOC(=O)c1cnn2ccc(N[C@H](C)c3cc(F)cc4c3O[C@@](C)(CC#N)C4)nc12. The maximum atomic E-state index is 14.3. The number of carbonyl (C=O) groups excluding carboxylic acids is 1. The molecule has 3 heterocycles. The highest BCUT2D eigenvalue weighted by Gasteiger charge is 2.37. The molecule has 0 saturated carbocycles. The first-order valence-electron chi connectivity index (χ1n) is 10.00. The Morgan fingerprint density at radius 2 is 2.32 bits per heavy atom. The van der Waals surface area contributed by atoms with Crippen LogP contribution in [0.1, 0.15) is 54.7 Å². The number of fused-ring (bicyclic) bond motifs is 2. The van der Waals surface area contributed by atoms with Gasteiger partial charge < -0.3 is 14.8 Å². The fourth-order valence-electron chi connectivity index (χ4n) is 3.80. The van der Waals surface area contributed by atoms with Crippen molar-refractivity contribution >= 4 is 17.4 Å². The number of rotatable bonds is 6. The Morgan fingerprint density at radius 3 is 3.06 bits per heavy atom. The molecule has 0 fully saturated rings. The van der Waals surface area contributed by atoms with Gasteiger partial charge in [-0.2, -0.15) is 10.4 Å². The summed E-state index contributed by atoms with van der Waals surface area (Å²) in [6.45, 7) is 5.70. The molecule has 8 nitrogen and oxygen atoms in total. The van der Waals surface area contributed by atoms with Crippen molar-refractivity contribution in [2.75, 3.05) is 11.9 Å². The first-order valence-corrected chi connectivity index (χ1v) is 10.00. The van der Waals surface area contributed by atoms with Crippen LogP contribution in [0.3, 0.4) is 0 Å². The topological polar surface area (TPSA) is 102 Å². The molecule has 2 aromatic heterocycles. The van der Waals surface area contributed by atoms with E-state index in [1.54, 1.807) is 19.2 Å². The minimum absolute atomic E-state index is 0.209. The van der Waals surface area contributed by atoms with E-state index in [9.17, 15) is 9.18 Å². The Morgan fingerprint density at radius 1 is 1.52 bits per heavy atom. The third-order valence-corrected chi connectivity index (χ3v) is 5.22. The summed E-state index contributed by atoms with van der Waals surface area (Å²) in [5.74, 6) is 0.220. The zero-order valence-electron chi connectivity index (χ0n) is 17.5. The monoisotopic (exact) mass is 423 g/mol. The largest absolute Gasteiger partial charge is 0.485 e. The third-order valence-electron chi connectivity index (χ3n) is 5.22. The first kappa shape index (κ1) is 20.6. The number of nitrogens with one attached hydrogen (secondary N) is 1. The fraction of sp³-hybridized carbons (Fsp3) is 0.364. The molecular formula is C22H22FN5O3. The maximum absolute atomic E-state index is 14.3. The minimum atomic E-state index is -0.678. The predicted octanol–water partition coefficient (Wildman–Crippen LogP) is 3.83. The molecule has 1 aliphatic heterocycles. The van der Waals surface area contributed by atoms with Crippen LogP contribution in [0.2, 0.25) is 0 Å². The van der Waals surface area contributed by atoms with Crippen molar-refractivity contribution in [3.63, 3.8) is 0 Å². The van der Waals surface area contributed by atoms with Crippen LogP contribution in [0, 0.1) is 17.1 Å². The van der Waals surface area contributed by atoms with Crippen LogP contribution in [-0.4, -0.2) is 32.8 Å². The van der Waals surface area contributed by atoms with Crippen molar-refractivity contribution in [2.45, 2.75) is 45.3 Å². The van der Waals surface area contributed by atoms with Crippen molar-refractivity contribution in [3.8, 4) is 11.8 Å². The van der Waals surface area contributed by atoms with Crippen LogP contribution in [0.4, 0.5) is 10.2 Å². The van der Waals surface area contributed by atoms with Crippen LogP contribution in [0.25, 0.3) is 5.65 Å². The second-order valence-electron chi connectivity index (χ2n) is 7.77. The zero-order valence-corrected chi connectivity index (χ0v) is 17.5. The average molecular weight is 423 g/mol. The molecule has 0 saturated heterocycles. The summed E-state index contributed by atoms with van der Waals surface area (Å²) < 4.78 is 26.9. The second kappa shape index (κ2) is 7.87. The Balaban J connectivity index is 1.63. The molecule has 2 atom stereocenters. The summed E-state index contributed by atoms with van der Waals surface area (Å²) in [7, 11) is 0. The summed E-state index contributed by atoms with van der Waals surface area (Å²) in [6, 6.07) is 6.38. The number of hydrogen-bond donors (Lipinski definition) is 1.